The fourth-order valence-electron chi connectivity index (χ4n) is 3.99. The van der Waals surface area contributed by atoms with E-state index in [2.05, 4.69) is 42.2 Å². The molecule has 0 spiro atoms. The highest BCUT2D eigenvalue weighted by Gasteiger charge is 2.45. The van der Waals surface area contributed by atoms with Crippen LogP contribution in [0.25, 0.3) is 4.85 Å². The number of aryl methyl sites for hydroxylation is 1. The molecule has 1 saturated heterocycles. The molecule has 35 heavy (non-hydrogen) atoms. The van der Waals surface area contributed by atoms with Crippen LogP contribution in [0.4, 0.5) is 0 Å². The largest absolute Gasteiger partial charge is 0.382 e. The minimum Gasteiger partial charge on any atom is -0.382 e. The SMILES string of the molecule is [C-]#[N+]CCOP(OC[C@H]1O[C@@H](n2cc(C)c(=O)[nH]c2=O)[C@H](OCCOC)[C@@H]1C)N(C(C)C)C(C)C. The molecule has 2 rings (SSSR count). The van der Waals surface area contributed by atoms with Crippen LogP contribution in [0.5, 0.6) is 0 Å². The van der Waals surface area contributed by atoms with Crippen molar-refractivity contribution in [1.82, 2.24) is 14.2 Å². The Bertz CT molecular complexity index is 937. The second kappa shape index (κ2) is 14.2. The molecule has 1 aliphatic heterocycles. The first-order chi connectivity index (χ1) is 16.6. The van der Waals surface area contributed by atoms with Gasteiger partial charge in [-0.1, -0.05) is 6.92 Å². The maximum atomic E-state index is 12.6. The van der Waals surface area contributed by atoms with Crippen LogP contribution in [-0.2, 0) is 23.3 Å². The van der Waals surface area contributed by atoms with Crippen molar-refractivity contribution in [3.63, 3.8) is 0 Å². The van der Waals surface area contributed by atoms with E-state index in [1.165, 1.54) is 10.8 Å². The lowest BCUT2D eigenvalue weighted by molar-refractivity contribution is -0.0786. The van der Waals surface area contributed by atoms with E-state index in [9.17, 15) is 9.59 Å². The molecule has 1 N–H and O–H groups in total. The van der Waals surface area contributed by atoms with Gasteiger partial charge in [0, 0.05) is 36.9 Å². The number of aromatic amines is 1. The molecule has 0 saturated carbocycles. The summed E-state index contributed by atoms with van der Waals surface area (Å²) in [5.41, 5.74) is -0.591. The monoisotopic (exact) mass is 514 g/mol. The van der Waals surface area contributed by atoms with Crippen molar-refractivity contribution in [2.45, 2.75) is 72.1 Å². The van der Waals surface area contributed by atoms with Crippen molar-refractivity contribution in [1.29, 1.82) is 0 Å². The molecule has 5 atom stereocenters. The fourth-order valence-corrected chi connectivity index (χ4v) is 5.60. The number of nitrogens with zero attached hydrogens (tertiary/aromatic N) is 3. The van der Waals surface area contributed by atoms with E-state index in [0.717, 1.165) is 0 Å². The first kappa shape index (κ1) is 29.6. The summed E-state index contributed by atoms with van der Waals surface area (Å²) < 4.78 is 33.2. The number of aromatic nitrogens is 2. The molecule has 1 aromatic heterocycles. The van der Waals surface area contributed by atoms with E-state index in [1.54, 1.807) is 14.0 Å². The quantitative estimate of drug-likeness (QED) is 0.229. The van der Waals surface area contributed by atoms with Gasteiger partial charge in [0.25, 0.3) is 14.1 Å². The van der Waals surface area contributed by atoms with E-state index >= 15 is 0 Å². The number of rotatable bonds is 14. The molecule has 1 fully saturated rings. The van der Waals surface area contributed by atoms with Crippen LogP contribution in [0.1, 0.15) is 46.4 Å². The average Bonchev–Trinajstić information content (AvgIpc) is 3.09. The minimum absolute atomic E-state index is 0.123. The Hall–Kier alpha value is -1.64. The van der Waals surface area contributed by atoms with Gasteiger partial charge in [-0.15, -0.1) is 0 Å². The Morgan fingerprint density at radius 1 is 1.20 bits per heavy atom. The number of H-pyrrole nitrogens is 1. The predicted molar refractivity (Wildman–Crippen MR) is 133 cm³/mol. The van der Waals surface area contributed by atoms with Crippen LogP contribution in [0.3, 0.4) is 0 Å². The van der Waals surface area contributed by atoms with Crippen molar-refractivity contribution in [3.05, 3.63) is 44.0 Å². The zero-order valence-electron chi connectivity index (χ0n) is 21.7. The summed E-state index contributed by atoms with van der Waals surface area (Å²) in [5, 5.41) is 0. The molecule has 1 unspecified atom stereocenters. The standard InChI is InChI=1S/C23H39N4O7P/c1-15(2)27(16(3)4)35(32-10-9-24-7)33-14-19-18(6)20(31-12-11-30-8)22(34-19)26-13-17(5)21(28)25-23(26)29/h13,15-16,18-20,22H,9-12,14H2,1-6,8H3,(H,25,28,29)/t18-,19-,20-,22-,35?/m1/s1. The minimum atomic E-state index is -1.43. The molecule has 2 heterocycles. The van der Waals surface area contributed by atoms with Crippen molar-refractivity contribution in [2.24, 2.45) is 5.92 Å². The Kier molecular flexibility index (Phi) is 12.0. The molecule has 1 aliphatic rings. The summed E-state index contributed by atoms with van der Waals surface area (Å²) in [6.07, 6.45) is -0.0858. The van der Waals surface area contributed by atoms with Crippen LogP contribution in [0.2, 0.25) is 0 Å². The second-order valence-electron chi connectivity index (χ2n) is 9.05. The number of hydrogen-bond donors (Lipinski definition) is 1. The Balaban J connectivity index is 2.25. The normalized spacial score (nSPS) is 23.3. The molecule has 1 aromatic rings. The van der Waals surface area contributed by atoms with Crippen LogP contribution < -0.4 is 11.2 Å². The summed E-state index contributed by atoms with van der Waals surface area (Å²) in [5.74, 6) is -0.123. The Morgan fingerprint density at radius 3 is 2.49 bits per heavy atom. The molecule has 0 bridgehead atoms. The Morgan fingerprint density at radius 2 is 1.89 bits per heavy atom. The van der Waals surface area contributed by atoms with Gasteiger partial charge < -0.3 is 28.1 Å². The van der Waals surface area contributed by atoms with Gasteiger partial charge in [0.05, 0.1) is 25.9 Å². The third-order valence-corrected chi connectivity index (χ3v) is 7.79. The zero-order valence-corrected chi connectivity index (χ0v) is 22.6. The number of methoxy groups -OCH3 is 1. The number of nitrogens with one attached hydrogen (secondary N) is 1. The molecular weight excluding hydrogens is 475 g/mol. The lowest BCUT2D eigenvalue weighted by atomic mass is 10.0. The average molecular weight is 515 g/mol. The van der Waals surface area contributed by atoms with Crippen molar-refractivity contribution in [3.8, 4) is 0 Å². The van der Waals surface area contributed by atoms with Gasteiger partial charge in [-0.25, -0.2) is 16.0 Å². The van der Waals surface area contributed by atoms with Crippen LogP contribution in [-0.4, -0.2) is 78.6 Å². The van der Waals surface area contributed by atoms with E-state index in [-0.39, 0.29) is 43.9 Å². The highest BCUT2D eigenvalue weighted by atomic mass is 31.2. The highest BCUT2D eigenvalue weighted by Crippen LogP contribution is 2.47. The number of hydrogen-bond acceptors (Lipinski definition) is 8. The van der Waals surface area contributed by atoms with Crippen LogP contribution >= 0.6 is 8.53 Å². The van der Waals surface area contributed by atoms with E-state index in [0.29, 0.717) is 18.8 Å². The van der Waals surface area contributed by atoms with Gasteiger partial charge >= 0.3 is 5.69 Å². The van der Waals surface area contributed by atoms with Crippen molar-refractivity contribution < 1.29 is 23.3 Å². The van der Waals surface area contributed by atoms with Gasteiger partial charge in [0.2, 0.25) is 6.54 Å². The topological polar surface area (TPSA) is 109 Å². The van der Waals surface area contributed by atoms with Gasteiger partial charge in [-0.05, 0) is 34.6 Å². The molecule has 0 aliphatic carbocycles. The highest BCUT2D eigenvalue weighted by molar-refractivity contribution is 7.44. The lowest BCUT2D eigenvalue weighted by Crippen LogP contribution is -2.38. The number of ether oxygens (including phenoxy) is 3. The molecule has 11 nitrogen and oxygen atoms in total. The molecule has 0 amide bonds. The van der Waals surface area contributed by atoms with Crippen LogP contribution in [0, 0.1) is 19.4 Å². The maximum absolute atomic E-state index is 12.6. The fraction of sp³-hybridized carbons (Fsp3) is 0.783. The van der Waals surface area contributed by atoms with Crippen molar-refractivity contribution >= 4 is 8.53 Å². The van der Waals surface area contributed by atoms with E-state index < -0.39 is 32.1 Å². The van der Waals surface area contributed by atoms with Gasteiger partial charge in [0.1, 0.15) is 12.7 Å². The molecule has 198 valence electrons. The molecular formula is C23H39N4O7P. The van der Waals surface area contributed by atoms with Crippen LogP contribution in [0.15, 0.2) is 15.8 Å². The molecule has 12 heteroatoms. The summed E-state index contributed by atoms with van der Waals surface area (Å²) in [6.45, 7) is 20.4. The molecule has 0 aromatic carbocycles. The zero-order chi connectivity index (χ0) is 26.1. The first-order valence-electron chi connectivity index (χ1n) is 11.9. The third-order valence-electron chi connectivity index (χ3n) is 5.72. The third kappa shape index (κ3) is 7.92. The van der Waals surface area contributed by atoms with Gasteiger partial charge in [0.15, 0.2) is 6.23 Å². The van der Waals surface area contributed by atoms with Gasteiger partial charge in [-0.2, -0.15) is 0 Å². The summed E-state index contributed by atoms with van der Waals surface area (Å²) >= 11 is 0. The summed E-state index contributed by atoms with van der Waals surface area (Å²) in [6, 6.07) is 0.355. The summed E-state index contributed by atoms with van der Waals surface area (Å²) in [7, 11) is 0.162. The van der Waals surface area contributed by atoms with Crippen molar-refractivity contribution in [2.75, 3.05) is 40.1 Å². The predicted octanol–water partition coefficient (Wildman–Crippen LogP) is 2.71. The smallest absolute Gasteiger partial charge is 0.330 e. The van der Waals surface area contributed by atoms with Gasteiger partial charge in [-0.3, -0.25) is 14.3 Å². The second-order valence-corrected chi connectivity index (χ2v) is 10.5. The summed E-state index contributed by atoms with van der Waals surface area (Å²) in [4.78, 5) is 30.2. The lowest BCUT2D eigenvalue weighted by Gasteiger charge is -2.36. The maximum Gasteiger partial charge on any atom is 0.330 e. The Labute approximate surface area is 208 Å². The van der Waals surface area contributed by atoms with E-state index in [1.807, 2.05) is 6.92 Å². The first-order valence-corrected chi connectivity index (χ1v) is 13.0. The molecule has 0 radical (unpaired) electrons. The van der Waals surface area contributed by atoms with E-state index in [4.69, 9.17) is 29.8 Å².